The van der Waals surface area contributed by atoms with Crippen LogP contribution in [0.25, 0.3) is 44.3 Å². The molecule has 2 nitrogen and oxygen atoms in total. The van der Waals surface area contributed by atoms with Gasteiger partial charge in [0.05, 0.1) is 11.2 Å². The third-order valence-electron chi connectivity index (χ3n) is 4.75. The Balaban J connectivity index is 1.84. The van der Waals surface area contributed by atoms with Crippen LogP contribution in [-0.4, -0.2) is 9.97 Å². The lowest BCUT2D eigenvalue weighted by molar-refractivity contribution is 1.23. The van der Waals surface area contributed by atoms with Crippen LogP contribution in [-0.2, 0) is 0 Å². The lowest BCUT2D eigenvalue weighted by atomic mass is 9.99. The summed E-state index contributed by atoms with van der Waals surface area (Å²) >= 11 is 3.50. The van der Waals surface area contributed by atoms with E-state index in [1.807, 2.05) is 42.5 Å². The Morgan fingerprint density at radius 3 is 2.15 bits per heavy atom. The van der Waals surface area contributed by atoms with E-state index in [4.69, 9.17) is 9.97 Å². The van der Waals surface area contributed by atoms with Crippen molar-refractivity contribution in [2.45, 2.75) is 0 Å². The summed E-state index contributed by atoms with van der Waals surface area (Å²) < 4.78 is 1.04. The average molecular weight is 411 g/mol. The smallest absolute Gasteiger partial charge is 0.160 e. The predicted octanol–water partition coefficient (Wildman–Crippen LogP) is 6.88. The monoisotopic (exact) mass is 410 g/mol. The van der Waals surface area contributed by atoms with Crippen molar-refractivity contribution in [1.29, 1.82) is 0 Å². The van der Waals surface area contributed by atoms with E-state index >= 15 is 0 Å². The minimum atomic E-state index is 0.740. The zero-order chi connectivity index (χ0) is 18.2. The van der Waals surface area contributed by atoms with Crippen LogP contribution < -0.4 is 0 Å². The normalized spacial score (nSPS) is 11.1. The van der Waals surface area contributed by atoms with Crippen molar-refractivity contribution in [2.24, 2.45) is 0 Å². The number of hydrogen-bond acceptors (Lipinski definition) is 2. The number of hydrogen-bond donors (Lipinski definition) is 0. The number of aromatic nitrogens is 2. The largest absolute Gasteiger partial charge is 0.228 e. The molecule has 0 atom stereocenters. The van der Waals surface area contributed by atoms with Gasteiger partial charge in [-0.2, -0.15) is 0 Å². The molecule has 0 aliphatic rings. The maximum Gasteiger partial charge on any atom is 0.160 e. The second-order valence-corrected chi connectivity index (χ2v) is 7.36. The van der Waals surface area contributed by atoms with E-state index in [1.54, 1.807) is 0 Å². The summed E-state index contributed by atoms with van der Waals surface area (Å²) in [6, 6.07) is 31.1. The van der Waals surface area contributed by atoms with Gasteiger partial charge >= 0.3 is 0 Å². The molecule has 5 rings (SSSR count). The summed E-state index contributed by atoms with van der Waals surface area (Å²) in [6.07, 6.45) is 0. The molecule has 0 unspecified atom stereocenters. The Hall–Kier alpha value is -3.04. The van der Waals surface area contributed by atoms with E-state index < -0.39 is 0 Å². The standard InChI is InChI=1S/C24H15BrN2/c25-18-14-12-17(13-15-18)24-26-22-11-4-3-9-21(22)23(27-24)20-10-5-7-16-6-1-2-8-19(16)20/h1-15H. The van der Waals surface area contributed by atoms with Crippen molar-refractivity contribution >= 4 is 37.6 Å². The van der Waals surface area contributed by atoms with Gasteiger partial charge in [0.1, 0.15) is 0 Å². The molecule has 1 aromatic heterocycles. The van der Waals surface area contributed by atoms with E-state index in [9.17, 15) is 0 Å². The number of fused-ring (bicyclic) bond motifs is 2. The van der Waals surface area contributed by atoms with Gasteiger partial charge in [-0.15, -0.1) is 0 Å². The van der Waals surface area contributed by atoms with E-state index in [0.29, 0.717) is 0 Å². The van der Waals surface area contributed by atoms with Gasteiger partial charge in [-0.05, 0) is 29.0 Å². The van der Waals surface area contributed by atoms with E-state index in [0.717, 1.165) is 38.0 Å². The molecule has 0 amide bonds. The van der Waals surface area contributed by atoms with Crippen molar-refractivity contribution in [2.75, 3.05) is 0 Å². The molecule has 0 aliphatic heterocycles. The lowest BCUT2D eigenvalue weighted by Gasteiger charge is -2.11. The van der Waals surface area contributed by atoms with Crippen molar-refractivity contribution in [1.82, 2.24) is 9.97 Å². The lowest BCUT2D eigenvalue weighted by Crippen LogP contribution is -1.95. The second kappa shape index (κ2) is 6.60. The minimum absolute atomic E-state index is 0.740. The summed E-state index contributed by atoms with van der Waals surface area (Å²) in [5, 5.41) is 3.48. The fourth-order valence-electron chi connectivity index (χ4n) is 3.44. The molecule has 0 spiro atoms. The van der Waals surface area contributed by atoms with Crippen LogP contribution in [0.3, 0.4) is 0 Å². The fraction of sp³-hybridized carbons (Fsp3) is 0. The molecule has 0 bridgehead atoms. The van der Waals surface area contributed by atoms with Crippen molar-refractivity contribution in [3.63, 3.8) is 0 Å². The SMILES string of the molecule is Brc1ccc(-c2nc(-c3cccc4ccccc34)c3ccccc3n2)cc1. The van der Waals surface area contributed by atoms with E-state index in [-0.39, 0.29) is 0 Å². The first-order valence-corrected chi connectivity index (χ1v) is 9.60. The predicted molar refractivity (Wildman–Crippen MR) is 116 cm³/mol. The first-order valence-electron chi connectivity index (χ1n) is 8.80. The molecular weight excluding hydrogens is 396 g/mol. The van der Waals surface area contributed by atoms with Crippen LogP contribution in [0.1, 0.15) is 0 Å². The van der Waals surface area contributed by atoms with Crippen LogP contribution in [0.15, 0.2) is 95.5 Å². The van der Waals surface area contributed by atoms with Gasteiger partial charge in [0.25, 0.3) is 0 Å². The third kappa shape index (κ3) is 2.90. The molecule has 0 aliphatic carbocycles. The molecule has 0 saturated carbocycles. The summed E-state index contributed by atoms with van der Waals surface area (Å²) in [6.45, 7) is 0. The Bertz CT molecular complexity index is 1270. The van der Waals surface area contributed by atoms with Gasteiger partial charge in [-0.3, -0.25) is 0 Å². The topological polar surface area (TPSA) is 25.8 Å². The van der Waals surface area contributed by atoms with Crippen molar-refractivity contribution in [3.05, 3.63) is 95.5 Å². The minimum Gasteiger partial charge on any atom is -0.228 e. The van der Waals surface area contributed by atoms with Gasteiger partial charge in [-0.1, -0.05) is 88.7 Å². The highest BCUT2D eigenvalue weighted by molar-refractivity contribution is 9.10. The fourth-order valence-corrected chi connectivity index (χ4v) is 3.71. The van der Waals surface area contributed by atoms with E-state index in [1.165, 1.54) is 10.8 Å². The van der Waals surface area contributed by atoms with Gasteiger partial charge in [-0.25, -0.2) is 9.97 Å². The number of para-hydroxylation sites is 1. The molecule has 0 saturated heterocycles. The second-order valence-electron chi connectivity index (χ2n) is 6.45. The average Bonchev–Trinajstić information content (AvgIpc) is 2.73. The zero-order valence-corrected chi connectivity index (χ0v) is 16.0. The van der Waals surface area contributed by atoms with Crippen molar-refractivity contribution in [3.8, 4) is 22.6 Å². The molecule has 4 aromatic carbocycles. The Kier molecular flexibility index (Phi) is 3.95. The number of benzene rings is 4. The Labute approximate surface area is 165 Å². The molecule has 5 aromatic rings. The molecule has 3 heteroatoms. The molecule has 0 radical (unpaired) electrons. The highest BCUT2D eigenvalue weighted by atomic mass is 79.9. The first-order chi connectivity index (χ1) is 13.3. The number of halogens is 1. The van der Waals surface area contributed by atoms with Gasteiger partial charge in [0, 0.05) is 21.0 Å². The van der Waals surface area contributed by atoms with Crippen LogP contribution >= 0.6 is 15.9 Å². The van der Waals surface area contributed by atoms with Crippen LogP contribution in [0.2, 0.25) is 0 Å². The molecule has 0 N–H and O–H groups in total. The first kappa shape index (κ1) is 16.2. The number of rotatable bonds is 2. The Morgan fingerprint density at radius 2 is 1.30 bits per heavy atom. The number of nitrogens with zero attached hydrogens (tertiary/aromatic N) is 2. The van der Waals surface area contributed by atoms with Gasteiger partial charge < -0.3 is 0 Å². The third-order valence-corrected chi connectivity index (χ3v) is 5.28. The maximum atomic E-state index is 4.99. The zero-order valence-electron chi connectivity index (χ0n) is 14.4. The highest BCUT2D eigenvalue weighted by Gasteiger charge is 2.13. The van der Waals surface area contributed by atoms with Crippen LogP contribution in [0.4, 0.5) is 0 Å². The highest BCUT2D eigenvalue weighted by Crippen LogP contribution is 2.33. The molecule has 27 heavy (non-hydrogen) atoms. The van der Waals surface area contributed by atoms with Crippen LogP contribution in [0.5, 0.6) is 0 Å². The summed E-state index contributed by atoms with van der Waals surface area (Å²) in [5.74, 6) is 0.740. The van der Waals surface area contributed by atoms with Crippen molar-refractivity contribution < 1.29 is 0 Å². The van der Waals surface area contributed by atoms with Crippen LogP contribution in [0, 0.1) is 0 Å². The molecule has 0 fully saturated rings. The summed E-state index contributed by atoms with van der Waals surface area (Å²) in [5.41, 5.74) is 4.05. The summed E-state index contributed by atoms with van der Waals surface area (Å²) in [7, 11) is 0. The quantitative estimate of drug-likeness (QED) is 0.316. The van der Waals surface area contributed by atoms with Gasteiger partial charge in [0.15, 0.2) is 5.82 Å². The van der Waals surface area contributed by atoms with E-state index in [2.05, 4.69) is 64.5 Å². The molecule has 1 heterocycles. The van der Waals surface area contributed by atoms with Gasteiger partial charge in [0.2, 0.25) is 0 Å². The maximum absolute atomic E-state index is 4.99. The Morgan fingerprint density at radius 1 is 0.593 bits per heavy atom. The molecular formula is C24H15BrN2. The summed E-state index contributed by atoms with van der Waals surface area (Å²) in [4.78, 5) is 9.81. The molecule has 128 valence electrons.